The minimum absolute atomic E-state index is 0.00750. The first-order valence-corrected chi connectivity index (χ1v) is 10.4. The molecule has 1 aromatic rings. The van der Waals surface area contributed by atoms with Crippen molar-refractivity contribution in [3.05, 3.63) is 23.8 Å². The zero-order chi connectivity index (χ0) is 18.3. The Morgan fingerprint density at radius 1 is 1.12 bits per heavy atom. The molecule has 8 nitrogen and oxygen atoms in total. The largest absolute Gasteiger partial charge is 0.454 e. The molecule has 0 bridgehead atoms. The van der Waals surface area contributed by atoms with Crippen molar-refractivity contribution in [1.29, 1.82) is 0 Å². The van der Waals surface area contributed by atoms with Crippen LogP contribution in [-0.2, 0) is 26.0 Å². The Bertz CT molecular complexity index is 853. The molecule has 2 amide bonds. The van der Waals surface area contributed by atoms with Crippen molar-refractivity contribution in [3.8, 4) is 11.5 Å². The SMILES string of the molecule is O=C(NCc1ccc2c(c1)OCO2)C1CC1C(=O)NC1CCS(=O)(=O)C1. The predicted octanol–water partition coefficient (Wildman–Crippen LogP) is -0.0291. The van der Waals surface area contributed by atoms with E-state index in [4.69, 9.17) is 9.47 Å². The van der Waals surface area contributed by atoms with Gasteiger partial charge in [0.1, 0.15) is 0 Å². The predicted molar refractivity (Wildman–Crippen MR) is 91.2 cm³/mol. The van der Waals surface area contributed by atoms with Crippen LogP contribution in [0.25, 0.3) is 0 Å². The van der Waals surface area contributed by atoms with Gasteiger partial charge in [-0.2, -0.15) is 0 Å². The lowest BCUT2D eigenvalue weighted by Crippen LogP contribution is -2.37. The summed E-state index contributed by atoms with van der Waals surface area (Å²) in [5.41, 5.74) is 0.889. The number of sulfone groups is 1. The number of hydrogen-bond acceptors (Lipinski definition) is 6. The Balaban J connectivity index is 1.24. The summed E-state index contributed by atoms with van der Waals surface area (Å²) >= 11 is 0. The van der Waals surface area contributed by atoms with Crippen LogP contribution in [0.15, 0.2) is 18.2 Å². The van der Waals surface area contributed by atoms with Crippen molar-refractivity contribution >= 4 is 21.7 Å². The van der Waals surface area contributed by atoms with Crippen LogP contribution in [0.5, 0.6) is 11.5 Å². The number of amides is 2. The number of benzene rings is 1. The van der Waals surface area contributed by atoms with E-state index in [1.165, 1.54) is 0 Å². The zero-order valence-electron chi connectivity index (χ0n) is 14.1. The van der Waals surface area contributed by atoms with Crippen LogP contribution >= 0.6 is 0 Å². The highest BCUT2D eigenvalue weighted by Crippen LogP contribution is 2.39. The van der Waals surface area contributed by atoms with Gasteiger partial charge >= 0.3 is 0 Å². The van der Waals surface area contributed by atoms with Crippen LogP contribution in [0.3, 0.4) is 0 Å². The number of rotatable bonds is 5. The van der Waals surface area contributed by atoms with Crippen molar-refractivity contribution < 1.29 is 27.5 Å². The average molecular weight is 380 g/mol. The van der Waals surface area contributed by atoms with E-state index in [0.717, 1.165) is 5.56 Å². The van der Waals surface area contributed by atoms with Crippen molar-refractivity contribution in [2.45, 2.75) is 25.4 Å². The van der Waals surface area contributed by atoms with Crippen molar-refractivity contribution in [2.75, 3.05) is 18.3 Å². The highest BCUT2D eigenvalue weighted by atomic mass is 32.2. The van der Waals surface area contributed by atoms with Crippen molar-refractivity contribution in [3.63, 3.8) is 0 Å². The summed E-state index contributed by atoms with van der Waals surface area (Å²) in [6.07, 6.45) is 0.944. The van der Waals surface area contributed by atoms with Crippen LogP contribution in [0, 0.1) is 11.8 Å². The van der Waals surface area contributed by atoms with E-state index in [0.29, 0.717) is 30.9 Å². The molecule has 1 aromatic carbocycles. The van der Waals surface area contributed by atoms with Gasteiger partial charge in [-0.15, -0.1) is 0 Å². The smallest absolute Gasteiger partial charge is 0.231 e. The molecule has 9 heteroatoms. The van der Waals surface area contributed by atoms with Gasteiger partial charge in [0.15, 0.2) is 21.3 Å². The first-order valence-electron chi connectivity index (χ1n) is 8.58. The second-order valence-electron chi connectivity index (χ2n) is 6.96. The Kier molecular flexibility index (Phi) is 4.26. The van der Waals surface area contributed by atoms with Crippen LogP contribution in [0.2, 0.25) is 0 Å². The number of fused-ring (bicyclic) bond motifs is 1. The lowest BCUT2D eigenvalue weighted by molar-refractivity contribution is -0.127. The third-order valence-corrected chi connectivity index (χ3v) is 6.71. The first-order chi connectivity index (χ1) is 12.4. The minimum Gasteiger partial charge on any atom is -0.454 e. The van der Waals surface area contributed by atoms with Gasteiger partial charge in [0, 0.05) is 12.6 Å². The zero-order valence-corrected chi connectivity index (χ0v) is 14.9. The maximum absolute atomic E-state index is 12.2. The summed E-state index contributed by atoms with van der Waals surface area (Å²) in [5.74, 6) is 0.350. The second kappa shape index (κ2) is 6.46. The lowest BCUT2D eigenvalue weighted by atomic mass is 10.2. The first kappa shape index (κ1) is 17.1. The molecule has 140 valence electrons. The molecule has 3 aliphatic rings. The van der Waals surface area contributed by atoms with Gasteiger partial charge in [0.05, 0.1) is 23.3 Å². The number of carbonyl (C=O) groups is 2. The van der Waals surface area contributed by atoms with Gasteiger partial charge in [-0.3, -0.25) is 9.59 Å². The molecule has 0 spiro atoms. The maximum atomic E-state index is 12.2. The van der Waals surface area contributed by atoms with Crippen LogP contribution < -0.4 is 20.1 Å². The van der Waals surface area contributed by atoms with Gasteiger partial charge in [-0.05, 0) is 30.5 Å². The summed E-state index contributed by atoms with van der Waals surface area (Å²) in [4.78, 5) is 24.4. The molecule has 2 fully saturated rings. The normalized spacial score (nSPS) is 27.8. The summed E-state index contributed by atoms with van der Waals surface area (Å²) < 4.78 is 33.4. The molecule has 4 rings (SSSR count). The van der Waals surface area contributed by atoms with E-state index < -0.39 is 9.84 Å². The van der Waals surface area contributed by atoms with Gasteiger partial charge in [0.2, 0.25) is 18.6 Å². The molecule has 3 atom stereocenters. The van der Waals surface area contributed by atoms with Crippen molar-refractivity contribution in [1.82, 2.24) is 10.6 Å². The molecular weight excluding hydrogens is 360 g/mol. The molecule has 0 radical (unpaired) electrons. The van der Waals surface area contributed by atoms with Crippen molar-refractivity contribution in [2.24, 2.45) is 11.8 Å². The number of nitrogens with one attached hydrogen (secondary N) is 2. The number of ether oxygens (including phenoxy) is 2. The Hall–Kier alpha value is -2.29. The fourth-order valence-electron chi connectivity index (χ4n) is 3.36. The van der Waals surface area contributed by atoms with Crippen LogP contribution in [-0.4, -0.2) is 44.6 Å². The van der Waals surface area contributed by atoms with E-state index in [1.807, 2.05) is 12.1 Å². The number of hydrogen-bond donors (Lipinski definition) is 2. The Morgan fingerprint density at radius 3 is 2.65 bits per heavy atom. The standard InChI is InChI=1S/C17H20N2O6S/c20-16(18-7-10-1-2-14-15(5-10)25-9-24-14)12-6-13(12)17(21)19-11-3-4-26(22,23)8-11/h1-2,5,11-13H,3-4,6-9H2,(H,18,20)(H,19,21). The summed E-state index contributed by atoms with van der Waals surface area (Å²) in [5, 5.41) is 5.59. The molecule has 2 aliphatic heterocycles. The van der Waals surface area contributed by atoms with Gasteiger partial charge in [-0.25, -0.2) is 8.42 Å². The molecule has 1 saturated carbocycles. The average Bonchev–Trinajstić information content (AvgIpc) is 3.15. The molecule has 0 aromatic heterocycles. The molecule has 2 heterocycles. The van der Waals surface area contributed by atoms with Crippen LogP contribution in [0.1, 0.15) is 18.4 Å². The van der Waals surface area contributed by atoms with E-state index in [-0.39, 0.29) is 48.0 Å². The quantitative estimate of drug-likeness (QED) is 0.742. The minimum atomic E-state index is -3.03. The van der Waals surface area contributed by atoms with E-state index in [1.54, 1.807) is 6.07 Å². The molecule has 1 saturated heterocycles. The molecule has 26 heavy (non-hydrogen) atoms. The molecule has 3 unspecified atom stereocenters. The molecule has 1 aliphatic carbocycles. The Morgan fingerprint density at radius 2 is 1.88 bits per heavy atom. The highest BCUT2D eigenvalue weighted by molar-refractivity contribution is 7.91. The summed E-state index contributed by atoms with van der Waals surface area (Å²) in [7, 11) is -3.03. The topological polar surface area (TPSA) is 111 Å². The summed E-state index contributed by atoms with van der Waals surface area (Å²) in [6.45, 7) is 0.549. The van der Waals surface area contributed by atoms with Gasteiger partial charge in [0.25, 0.3) is 0 Å². The summed E-state index contributed by atoms with van der Waals surface area (Å²) in [6, 6.07) is 5.14. The van der Waals surface area contributed by atoms with Crippen LogP contribution in [0.4, 0.5) is 0 Å². The molecular formula is C17H20N2O6S. The third-order valence-electron chi connectivity index (χ3n) is 4.95. The Labute approximate surface area is 151 Å². The van der Waals surface area contributed by atoms with E-state index in [2.05, 4.69) is 10.6 Å². The fraction of sp³-hybridized carbons (Fsp3) is 0.529. The lowest BCUT2D eigenvalue weighted by Gasteiger charge is -2.10. The fourth-order valence-corrected chi connectivity index (χ4v) is 5.04. The van der Waals surface area contributed by atoms with E-state index in [9.17, 15) is 18.0 Å². The van der Waals surface area contributed by atoms with E-state index >= 15 is 0 Å². The maximum Gasteiger partial charge on any atom is 0.231 e. The second-order valence-corrected chi connectivity index (χ2v) is 9.19. The third kappa shape index (κ3) is 3.62. The van der Waals surface area contributed by atoms with Gasteiger partial charge < -0.3 is 20.1 Å². The highest BCUT2D eigenvalue weighted by Gasteiger charge is 2.48. The number of carbonyl (C=O) groups excluding carboxylic acids is 2. The monoisotopic (exact) mass is 380 g/mol. The molecule has 2 N–H and O–H groups in total. The van der Waals surface area contributed by atoms with Gasteiger partial charge in [-0.1, -0.05) is 6.07 Å².